The number of rotatable bonds is 4. The van der Waals surface area contributed by atoms with Crippen molar-refractivity contribution >= 4 is 78.6 Å². The van der Waals surface area contributed by atoms with E-state index in [9.17, 15) is 24.3 Å². The number of aromatic amines is 1. The Bertz CT molecular complexity index is 2150. The average molecular weight is 557 g/mol. The molecule has 2 N–H and O–H groups in total. The minimum Gasteiger partial charge on any atom is -0.478 e. The lowest BCUT2D eigenvalue weighted by atomic mass is 10.0. The summed E-state index contributed by atoms with van der Waals surface area (Å²) in [6, 6.07) is 17.7. The third-order valence-corrected chi connectivity index (χ3v) is 7.36. The van der Waals surface area contributed by atoms with E-state index in [-0.39, 0.29) is 34.3 Å². The van der Waals surface area contributed by atoms with Crippen LogP contribution in [0.3, 0.4) is 0 Å². The number of carbonyl (C=O) groups excluding carboxylic acids is 1. The monoisotopic (exact) mass is 556 g/mol. The number of halogens is 2. The summed E-state index contributed by atoms with van der Waals surface area (Å²) in [5.74, 6) is -1.44. The number of H-pyrrole nitrogens is 1. The summed E-state index contributed by atoms with van der Waals surface area (Å²) in [5, 5.41) is 11.9. The first-order chi connectivity index (χ1) is 18.6. The van der Waals surface area contributed by atoms with Crippen molar-refractivity contribution in [2.24, 2.45) is 0 Å². The molecule has 4 aromatic carbocycles. The molecule has 0 bridgehead atoms. The molecule has 0 spiro atoms. The van der Waals surface area contributed by atoms with Crippen molar-refractivity contribution in [3.05, 3.63) is 114 Å². The lowest BCUT2D eigenvalue weighted by molar-refractivity contribution is 0.0696. The van der Waals surface area contributed by atoms with Crippen LogP contribution in [0.15, 0.2) is 76.3 Å². The van der Waals surface area contributed by atoms with Gasteiger partial charge in [0.15, 0.2) is 16.6 Å². The predicted octanol–water partition coefficient (Wildman–Crippen LogP) is 6.41. The van der Waals surface area contributed by atoms with Gasteiger partial charge in [-0.1, -0.05) is 23.2 Å². The van der Waals surface area contributed by atoms with Crippen LogP contribution < -0.4 is 10.9 Å². The summed E-state index contributed by atoms with van der Waals surface area (Å²) in [6.45, 7) is 1.49. The van der Waals surface area contributed by atoms with Gasteiger partial charge in [-0.05, 0) is 79.2 Å². The van der Waals surface area contributed by atoms with Gasteiger partial charge in [0.2, 0.25) is 0 Å². The maximum Gasteiger partial charge on any atom is 0.335 e. The molecule has 0 fully saturated rings. The van der Waals surface area contributed by atoms with Crippen LogP contribution in [-0.2, 0) is 6.54 Å². The quantitative estimate of drug-likeness (QED) is 0.193. The Morgan fingerprint density at radius 2 is 1.36 bits per heavy atom. The van der Waals surface area contributed by atoms with Gasteiger partial charge in [0.25, 0.3) is 0 Å². The number of fused-ring (bicyclic) bond motifs is 4. The number of ketones is 1. The zero-order valence-corrected chi connectivity index (χ0v) is 21.9. The zero-order chi connectivity index (χ0) is 27.6. The molecule has 0 aliphatic carbocycles. The number of pyridine rings is 2. The Morgan fingerprint density at radius 3 is 2.08 bits per heavy atom. The molecule has 0 saturated carbocycles. The van der Waals surface area contributed by atoms with Crippen molar-refractivity contribution in [3.63, 3.8) is 0 Å². The Morgan fingerprint density at radius 1 is 0.744 bits per heavy atom. The number of aromatic nitrogens is 2. The highest BCUT2D eigenvalue weighted by atomic mass is 35.5. The summed E-state index contributed by atoms with van der Waals surface area (Å²) in [6.07, 6.45) is 0. The van der Waals surface area contributed by atoms with Crippen molar-refractivity contribution in [1.82, 2.24) is 9.55 Å². The van der Waals surface area contributed by atoms with E-state index < -0.39 is 5.97 Å². The topological polar surface area (TPSA) is 109 Å². The van der Waals surface area contributed by atoms with E-state index in [0.717, 1.165) is 0 Å². The van der Waals surface area contributed by atoms with Crippen molar-refractivity contribution < 1.29 is 14.7 Å². The maximum absolute atomic E-state index is 13.7. The molecular weight excluding hydrogens is 539 g/mol. The average Bonchev–Trinajstić information content (AvgIpc) is 2.91. The highest BCUT2D eigenvalue weighted by Crippen LogP contribution is 2.28. The van der Waals surface area contributed by atoms with E-state index in [1.165, 1.54) is 19.1 Å². The minimum absolute atomic E-state index is 0.0272. The van der Waals surface area contributed by atoms with E-state index in [0.29, 0.717) is 59.2 Å². The van der Waals surface area contributed by atoms with Gasteiger partial charge < -0.3 is 14.7 Å². The SMILES string of the molecule is CC(=O)c1cc(Cn2c3ccc(Cl)cc3c(=O)c3cc4[nH]c5ccc(Cl)cc5c(=O)c4cc32)cc(C(=O)O)c1. The highest BCUT2D eigenvalue weighted by Gasteiger charge is 2.17. The Balaban J connectivity index is 1.73. The molecule has 0 saturated heterocycles. The zero-order valence-electron chi connectivity index (χ0n) is 20.3. The lowest BCUT2D eigenvalue weighted by Crippen LogP contribution is -2.14. The summed E-state index contributed by atoms with van der Waals surface area (Å²) >= 11 is 12.4. The first-order valence-electron chi connectivity index (χ1n) is 11.9. The molecule has 192 valence electrons. The Kier molecular flexibility index (Phi) is 5.79. The fourth-order valence-corrected chi connectivity index (χ4v) is 5.40. The number of nitrogens with one attached hydrogen (secondary N) is 1. The van der Waals surface area contributed by atoms with Crippen LogP contribution in [0.5, 0.6) is 0 Å². The largest absolute Gasteiger partial charge is 0.478 e. The summed E-state index contributed by atoms with van der Waals surface area (Å²) in [4.78, 5) is 54.3. The minimum atomic E-state index is -1.16. The number of aromatic carboxylic acids is 1. The second kappa shape index (κ2) is 9.08. The number of nitrogens with zero attached hydrogens (tertiary/aromatic N) is 1. The fraction of sp³-hybridized carbons (Fsp3) is 0.0667. The molecular formula is C30H18Cl2N2O5. The lowest BCUT2D eigenvalue weighted by Gasteiger charge is -2.17. The third-order valence-electron chi connectivity index (χ3n) is 6.89. The normalized spacial score (nSPS) is 11.6. The molecule has 9 heteroatoms. The fourth-order valence-electron chi connectivity index (χ4n) is 5.05. The molecule has 0 amide bonds. The van der Waals surface area contributed by atoms with Crippen molar-refractivity contribution in [3.8, 4) is 0 Å². The van der Waals surface area contributed by atoms with Gasteiger partial charge in [-0.2, -0.15) is 0 Å². The first kappa shape index (κ1) is 24.9. The van der Waals surface area contributed by atoms with Gasteiger partial charge in [-0.15, -0.1) is 0 Å². The van der Waals surface area contributed by atoms with E-state index in [2.05, 4.69) is 4.98 Å². The van der Waals surface area contributed by atoms with Gasteiger partial charge in [0.05, 0.1) is 22.1 Å². The number of Topliss-reactive ketones (excluding diaryl/α,β-unsaturated/α-hetero) is 1. The summed E-state index contributed by atoms with van der Waals surface area (Å²) in [7, 11) is 0. The molecule has 0 aliphatic heterocycles. The highest BCUT2D eigenvalue weighted by molar-refractivity contribution is 6.31. The van der Waals surface area contributed by atoms with Crippen LogP contribution in [0.2, 0.25) is 10.0 Å². The summed E-state index contributed by atoms with van der Waals surface area (Å²) in [5.41, 5.74) is 2.35. The van der Waals surface area contributed by atoms with Crippen LogP contribution in [0, 0.1) is 0 Å². The first-order valence-corrected chi connectivity index (χ1v) is 12.7. The maximum atomic E-state index is 13.7. The number of benzene rings is 4. The molecule has 0 atom stereocenters. The molecule has 39 heavy (non-hydrogen) atoms. The summed E-state index contributed by atoms with van der Waals surface area (Å²) < 4.78 is 1.83. The molecule has 0 aliphatic rings. The Hall–Kier alpha value is -4.46. The van der Waals surface area contributed by atoms with E-state index in [1.807, 2.05) is 4.57 Å². The number of carboxylic acid groups (broad SMARTS) is 1. The molecule has 2 aromatic heterocycles. The predicted molar refractivity (Wildman–Crippen MR) is 154 cm³/mol. The van der Waals surface area contributed by atoms with Crippen molar-refractivity contribution in [1.29, 1.82) is 0 Å². The van der Waals surface area contributed by atoms with Crippen LogP contribution in [0.4, 0.5) is 0 Å². The smallest absolute Gasteiger partial charge is 0.335 e. The number of hydrogen-bond donors (Lipinski definition) is 2. The molecule has 0 unspecified atom stereocenters. The van der Waals surface area contributed by atoms with Gasteiger partial charge in [0.1, 0.15) is 0 Å². The van der Waals surface area contributed by atoms with Crippen LogP contribution >= 0.6 is 23.2 Å². The van der Waals surface area contributed by atoms with Gasteiger partial charge in [-0.3, -0.25) is 14.4 Å². The second-order valence-electron chi connectivity index (χ2n) is 9.42. The number of hydrogen-bond acceptors (Lipinski definition) is 4. The molecule has 6 rings (SSSR count). The van der Waals surface area contributed by atoms with Crippen molar-refractivity contribution in [2.45, 2.75) is 13.5 Å². The molecule has 6 aromatic rings. The molecule has 7 nitrogen and oxygen atoms in total. The third kappa shape index (κ3) is 4.16. The Labute approximate surface area is 229 Å². The van der Waals surface area contributed by atoms with Crippen LogP contribution in [0.1, 0.15) is 33.2 Å². The van der Waals surface area contributed by atoms with Gasteiger partial charge in [0, 0.05) is 49.2 Å². The van der Waals surface area contributed by atoms with Gasteiger partial charge in [-0.25, -0.2) is 4.79 Å². The standard InChI is InChI=1S/C30H18Cl2N2O5/c1-14(35)16-6-15(7-17(8-16)30(38)39)13-34-26-5-3-19(32)10-22(26)29(37)23-11-25-21(12-27(23)34)28(36)20-9-18(31)2-4-24(20)33-25/h2-12H,13H2,1H3,(H,33,36)(H,38,39). The van der Waals surface area contributed by atoms with E-state index >= 15 is 0 Å². The van der Waals surface area contributed by atoms with Crippen LogP contribution in [0.25, 0.3) is 43.6 Å². The molecule has 0 radical (unpaired) electrons. The van der Waals surface area contributed by atoms with Crippen molar-refractivity contribution in [2.75, 3.05) is 0 Å². The van der Waals surface area contributed by atoms with E-state index in [1.54, 1.807) is 54.6 Å². The number of carboxylic acids is 1. The van der Waals surface area contributed by atoms with E-state index in [4.69, 9.17) is 23.2 Å². The van der Waals surface area contributed by atoms with Crippen LogP contribution in [-0.4, -0.2) is 26.4 Å². The number of carbonyl (C=O) groups is 2. The van der Waals surface area contributed by atoms with Gasteiger partial charge >= 0.3 is 5.97 Å². The second-order valence-corrected chi connectivity index (χ2v) is 10.3. The molecule has 2 heterocycles.